The van der Waals surface area contributed by atoms with E-state index >= 15 is 0 Å². The van der Waals surface area contributed by atoms with Crippen LogP contribution in [0.5, 0.6) is 0 Å². The molecule has 31 heavy (non-hydrogen) atoms. The fourth-order valence-electron chi connectivity index (χ4n) is 2.88. The van der Waals surface area contributed by atoms with Crippen molar-refractivity contribution < 1.29 is 22.0 Å². The number of benzene rings is 2. The van der Waals surface area contributed by atoms with Gasteiger partial charge in [0.05, 0.1) is 11.1 Å². The molecule has 164 valence electrons. The number of halogens is 1. The zero-order valence-corrected chi connectivity index (χ0v) is 18.1. The van der Waals surface area contributed by atoms with E-state index < -0.39 is 10.0 Å². The van der Waals surface area contributed by atoms with Gasteiger partial charge in [-0.15, -0.1) is 0 Å². The number of carbonyl (C=O) groups excluding carboxylic acids is 1. The molecular formula is C22H24FN3O4S. The van der Waals surface area contributed by atoms with Crippen molar-refractivity contribution in [3.8, 4) is 11.3 Å². The lowest BCUT2D eigenvalue weighted by molar-refractivity contribution is -0.121. The molecule has 0 saturated carbocycles. The van der Waals surface area contributed by atoms with E-state index in [1.165, 1.54) is 30.5 Å². The first-order valence-corrected chi connectivity index (χ1v) is 11.3. The van der Waals surface area contributed by atoms with Crippen LogP contribution in [0.3, 0.4) is 0 Å². The number of oxazole rings is 1. The molecule has 1 amide bonds. The molecule has 0 fully saturated rings. The second-order valence-corrected chi connectivity index (χ2v) is 9.04. The average molecular weight is 446 g/mol. The van der Waals surface area contributed by atoms with Gasteiger partial charge in [0.2, 0.25) is 15.9 Å². The number of sulfonamides is 1. The highest BCUT2D eigenvalue weighted by Crippen LogP contribution is 2.21. The van der Waals surface area contributed by atoms with Crippen LogP contribution in [0.15, 0.2) is 64.0 Å². The summed E-state index contributed by atoms with van der Waals surface area (Å²) in [4.78, 5) is 16.5. The van der Waals surface area contributed by atoms with E-state index in [4.69, 9.17) is 4.42 Å². The molecule has 9 heteroatoms. The van der Waals surface area contributed by atoms with Gasteiger partial charge in [0.15, 0.2) is 11.7 Å². The Labute approximate surface area is 180 Å². The standard InChI is InChI=1S/C22H24FN3O4S/c1-15(2)26-31(28,29)19-5-3-4-16(12-19)13-24-21(27)10-11-22-25-14-20(30-22)17-6-8-18(23)9-7-17/h3-9,12,14-15,26H,10-11,13H2,1-2H3,(H,24,27). The molecule has 3 aromatic rings. The number of nitrogens with zero attached hydrogens (tertiary/aromatic N) is 1. The maximum Gasteiger partial charge on any atom is 0.240 e. The first-order valence-electron chi connectivity index (χ1n) is 9.81. The Kier molecular flexibility index (Phi) is 7.19. The first kappa shape index (κ1) is 22.6. The Bertz CT molecular complexity index is 1140. The number of rotatable bonds is 9. The molecule has 0 saturated heterocycles. The van der Waals surface area contributed by atoms with E-state index in [-0.39, 0.29) is 35.6 Å². The maximum absolute atomic E-state index is 13.0. The minimum atomic E-state index is -3.59. The molecule has 7 nitrogen and oxygen atoms in total. The third kappa shape index (κ3) is 6.47. The van der Waals surface area contributed by atoms with E-state index in [0.29, 0.717) is 29.2 Å². The molecule has 2 aromatic carbocycles. The van der Waals surface area contributed by atoms with Crippen molar-refractivity contribution in [3.05, 3.63) is 72.0 Å². The van der Waals surface area contributed by atoms with Crippen LogP contribution >= 0.6 is 0 Å². The van der Waals surface area contributed by atoms with Crippen LogP contribution in [-0.2, 0) is 27.8 Å². The largest absolute Gasteiger partial charge is 0.441 e. The molecular weight excluding hydrogens is 421 g/mol. The van der Waals surface area contributed by atoms with Crippen molar-refractivity contribution in [3.63, 3.8) is 0 Å². The van der Waals surface area contributed by atoms with Crippen LogP contribution in [0.25, 0.3) is 11.3 Å². The zero-order valence-electron chi connectivity index (χ0n) is 17.3. The normalized spacial score (nSPS) is 11.6. The van der Waals surface area contributed by atoms with Crippen molar-refractivity contribution in [2.75, 3.05) is 0 Å². The van der Waals surface area contributed by atoms with Gasteiger partial charge >= 0.3 is 0 Å². The third-order valence-corrected chi connectivity index (χ3v) is 5.99. The van der Waals surface area contributed by atoms with Gasteiger partial charge in [-0.3, -0.25) is 4.79 Å². The van der Waals surface area contributed by atoms with Gasteiger partial charge in [-0.1, -0.05) is 12.1 Å². The highest BCUT2D eigenvalue weighted by Gasteiger charge is 2.16. The summed E-state index contributed by atoms with van der Waals surface area (Å²) in [6.45, 7) is 3.70. The molecule has 0 unspecified atom stereocenters. The van der Waals surface area contributed by atoms with Crippen LogP contribution in [0.1, 0.15) is 31.7 Å². The fraction of sp³-hybridized carbons (Fsp3) is 0.273. The van der Waals surface area contributed by atoms with Gasteiger partial charge in [0.1, 0.15) is 5.82 Å². The van der Waals surface area contributed by atoms with E-state index in [1.54, 1.807) is 38.1 Å². The van der Waals surface area contributed by atoms with Crippen LogP contribution < -0.4 is 10.0 Å². The van der Waals surface area contributed by atoms with Gasteiger partial charge in [0, 0.05) is 31.0 Å². The molecule has 3 rings (SSSR count). The SMILES string of the molecule is CC(C)NS(=O)(=O)c1cccc(CNC(=O)CCc2ncc(-c3ccc(F)cc3)o2)c1. The molecule has 0 aliphatic carbocycles. The van der Waals surface area contributed by atoms with Crippen LogP contribution in [0.2, 0.25) is 0 Å². The van der Waals surface area contributed by atoms with Crippen LogP contribution in [-0.4, -0.2) is 25.4 Å². The molecule has 0 aliphatic rings. The quantitative estimate of drug-likeness (QED) is 0.526. The summed E-state index contributed by atoms with van der Waals surface area (Å²) in [6, 6.07) is 12.1. The van der Waals surface area contributed by atoms with Crippen molar-refractivity contribution in [2.45, 2.75) is 44.2 Å². The average Bonchev–Trinajstić information content (AvgIpc) is 3.19. The summed E-state index contributed by atoms with van der Waals surface area (Å²) in [6.07, 6.45) is 2.01. The molecule has 0 spiro atoms. The number of nitrogens with one attached hydrogen (secondary N) is 2. The summed E-state index contributed by atoms with van der Waals surface area (Å²) in [5.41, 5.74) is 1.38. The Morgan fingerprint density at radius 1 is 1.16 bits per heavy atom. The maximum atomic E-state index is 13.0. The van der Waals surface area contributed by atoms with Gasteiger partial charge in [-0.2, -0.15) is 0 Å². The van der Waals surface area contributed by atoms with Gasteiger partial charge in [-0.05, 0) is 55.8 Å². The second-order valence-electron chi connectivity index (χ2n) is 7.33. The molecule has 0 atom stereocenters. The molecule has 2 N–H and O–H groups in total. The lowest BCUT2D eigenvalue weighted by Crippen LogP contribution is -2.30. The Hall–Kier alpha value is -3.04. The molecule has 0 bridgehead atoms. The fourth-order valence-corrected chi connectivity index (χ4v) is 4.20. The molecule has 1 aromatic heterocycles. The zero-order chi connectivity index (χ0) is 22.4. The van der Waals surface area contributed by atoms with Crippen molar-refractivity contribution in [2.24, 2.45) is 0 Å². The topological polar surface area (TPSA) is 101 Å². The first-order chi connectivity index (χ1) is 14.7. The molecule has 0 radical (unpaired) electrons. The lowest BCUT2D eigenvalue weighted by atomic mass is 10.2. The number of amides is 1. The summed E-state index contributed by atoms with van der Waals surface area (Å²) in [5, 5.41) is 2.77. The lowest BCUT2D eigenvalue weighted by Gasteiger charge is -2.11. The van der Waals surface area contributed by atoms with E-state index in [9.17, 15) is 17.6 Å². The predicted molar refractivity (Wildman–Crippen MR) is 114 cm³/mol. The van der Waals surface area contributed by atoms with Crippen molar-refractivity contribution in [1.82, 2.24) is 15.0 Å². The van der Waals surface area contributed by atoms with Crippen LogP contribution in [0, 0.1) is 5.82 Å². The van der Waals surface area contributed by atoms with Gasteiger partial charge in [-0.25, -0.2) is 22.5 Å². The molecule has 0 aliphatic heterocycles. The third-order valence-electron chi connectivity index (χ3n) is 4.34. The predicted octanol–water partition coefficient (Wildman–Crippen LogP) is 3.42. The smallest absolute Gasteiger partial charge is 0.240 e. The number of hydrogen-bond acceptors (Lipinski definition) is 5. The van der Waals surface area contributed by atoms with E-state index in [2.05, 4.69) is 15.0 Å². The highest BCUT2D eigenvalue weighted by atomic mass is 32.2. The molecule has 1 heterocycles. The highest BCUT2D eigenvalue weighted by molar-refractivity contribution is 7.89. The summed E-state index contributed by atoms with van der Waals surface area (Å²) in [5.74, 6) is 0.361. The van der Waals surface area contributed by atoms with E-state index in [1.807, 2.05) is 0 Å². The summed E-state index contributed by atoms with van der Waals surface area (Å²) < 4.78 is 45.7. The number of hydrogen-bond donors (Lipinski definition) is 2. The Balaban J connectivity index is 1.52. The number of carbonyl (C=O) groups is 1. The Morgan fingerprint density at radius 3 is 2.61 bits per heavy atom. The van der Waals surface area contributed by atoms with Gasteiger partial charge in [0.25, 0.3) is 0 Å². The second kappa shape index (κ2) is 9.84. The van der Waals surface area contributed by atoms with Crippen LogP contribution in [0.4, 0.5) is 4.39 Å². The minimum Gasteiger partial charge on any atom is -0.441 e. The minimum absolute atomic E-state index is 0.154. The number of aromatic nitrogens is 1. The Morgan fingerprint density at radius 2 is 1.90 bits per heavy atom. The summed E-state index contributed by atoms with van der Waals surface area (Å²) in [7, 11) is -3.59. The van der Waals surface area contributed by atoms with Crippen molar-refractivity contribution >= 4 is 15.9 Å². The van der Waals surface area contributed by atoms with Crippen molar-refractivity contribution in [1.29, 1.82) is 0 Å². The van der Waals surface area contributed by atoms with Gasteiger partial charge < -0.3 is 9.73 Å². The van der Waals surface area contributed by atoms with E-state index in [0.717, 1.165) is 0 Å². The number of aryl methyl sites for hydroxylation is 1. The summed E-state index contributed by atoms with van der Waals surface area (Å²) >= 11 is 0. The monoisotopic (exact) mass is 445 g/mol.